The summed E-state index contributed by atoms with van der Waals surface area (Å²) in [6, 6.07) is 9.23. The van der Waals surface area contributed by atoms with E-state index < -0.39 is 17.5 Å². The highest BCUT2D eigenvalue weighted by Crippen LogP contribution is 2.20. The zero-order valence-electron chi connectivity index (χ0n) is 9.95. The Morgan fingerprint density at radius 1 is 1.25 bits per heavy atom. The van der Waals surface area contributed by atoms with Crippen molar-refractivity contribution in [2.75, 3.05) is 5.32 Å². The van der Waals surface area contributed by atoms with Gasteiger partial charge in [-0.25, -0.2) is 8.78 Å². The van der Waals surface area contributed by atoms with E-state index in [4.69, 9.17) is 5.26 Å². The van der Waals surface area contributed by atoms with Crippen LogP contribution in [0.25, 0.3) is 0 Å². The maximum atomic E-state index is 13.4. The molecule has 0 atom stereocenters. The molecule has 0 unspecified atom stereocenters. The number of carbonyl (C=O) groups is 1. The van der Waals surface area contributed by atoms with Crippen molar-refractivity contribution < 1.29 is 13.6 Å². The van der Waals surface area contributed by atoms with Gasteiger partial charge >= 0.3 is 0 Å². The summed E-state index contributed by atoms with van der Waals surface area (Å²) in [5.74, 6) is -1.94. The van der Waals surface area contributed by atoms with E-state index in [1.54, 1.807) is 6.07 Å². The third-order valence-corrected chi connectivity index (χ3v) is 2.96. The number of amides is 1. The normalized spacial score (nSPS) is 9.90. The van der Waals surface area contributed by atoms with Gasteiger partial charge in [0.15, 0.2) is 0 Å². The summed E-state index contributed by atoms with van der Waals surface area (Å²) in [6.07, 6.45) is 0. The van der Waals surface area contributed by atoms with Crippen LogP contribution in [0.1, 0.15) is 15.9 Å². The molecule has 2 aromatic carbocycles. The Balaban J connectivity index is 2.33. The molecule has 0 aliphatic rings. The first-order chi connectivity index (χ1) is 9.51. The molecule has 0 aromatic heterocycles. The van der Waals surface area contributed by atoms with Crippen LogP contribution in [0.4, 0.5) is 14.5 Å². The highest BCUT2D eigenvalue weighted by Gasteiger charge is 2.13. The predicted molar refractivity (Wildman–Crippen MR) is 73.2 cm³/mol. The zero-order valence-corrected chi connectivity index (χ0v) is 11.5. The molecule has 20 heavy (non-hydrogen) atoms. The van der Waals surface area contributed by atoms with Crippen LogP contribution in [0, 0.1) is 23.0 Å². The number of halogens is 3. The van der Waals surface area contributed by atoms with Crippen LogP contribution in [-0.4, -0.2) is 5.91 Å². The average molecular weight is 337 g/mol. The number of hydrogen-bond acceptors (Lipinski definition) is 2. The van der Waals surface area contributed by atoms with Crippen LogP contribution in [0.5, 0.6) is 0 Å². The van der Waals surface area contributed by atoms with Gasteiger partial charge in [-0.15, -0.1) is 0 Å². The average Bonchev–Trinajstić information content (AvgIpc) is 2.37. The SMILES string of the molecule is N#Cc1c(F)cccc1NC(=O)c1cc(F)cc(Br)c1. The standard InChI is InChI=1S/C14H7BrF2N2O/c15-9-4-8(5-10(16)6-9)14(20)19-13-3-1-2-12(17)11(13)7-18/h1-6H,(H,19,20). The third-order valence-electron chi connectivity index (χ3n) is 2.50. The van der Waals surface area contributed by atoms with Crippen molar-refractivity contribution in [3.63, 3.8) is 0 Å². The van der Waals surface area contributed by atoms with Crippen LogP contribution in [0.2, 0.25) is 0 Å². The van der Waals surface area contributed by atoms with Gasteiger partial charge in [-0.1, -0.05) is 22.0 Å². The lowest BCUT2D eigenvalue weighted by molar-refractivity contribution is 0.102. The molecular weight excluding hydrogens is 330 g/mol. The second-order valence-electron chi connectivity index (χ2n) is 3.89. The molecular formula is C14H7BrF2N2O. The monoisotopic (exact) mass is 336 g/mol. The van der Waals surface area contributed by atoms with Gasteiger partial charge < -0.3 is 5.32 Å². The third kappa shape index (κ3) is 3.00. The van der Waals surface area contributed by atoms with Gasteiger partial charge in [0.2, 0.25) is 0 Å². The van der Waals surface area contributed by atoms with Crippen molar-refractivity contribution in [2.45, 2.75) is 0 Å². The second-order valence-corrected chi connectivity index (χ2v) is 4.80. The molecule has 2 rings (SSSR count). The van der Waals surface area contributed by atoms with Crippen LogP contribution in [-0.2, 0) is 0 Å². The molecule has 0 saturated heterocycles. The second kappa shape index (κ2) is 5.80. The van der Waals surface area contributed by atoms with Crippen molar-refractivity contribution >= 4 is 27.5 Å². The molecule has 1 N–H and O–H groups in total. The summed E-state index contributed by atoms with van der Waals surface area (Å²) < 4.78 is 27.0. The first-order valence-corrected chi connectivity index (χ1v) is 6.26. The van der Waals surface area contributed by atoms with Gasteiger partial charge in [0.05, 0.1) is 5.69 Å². The fourth-order valence-electron chi connectivity index (χ4n) is 1.62. The number of anilines is 1. The zero-order chi connectivity index (χ0) is 14.7. The highest BCUT2D eigenvalue weighted by molar-refractivity contribution is 9.10. The van der Waals surface area contributed by atoms with E-state index in [-0.39, 0.29) is 16.8 Å². The van der Waals surface area contributed by atoms with Gasteiger partial charge in [-0.3, -0.25) is 4.79 Å². The van der Waals surface area contributed by atoms with Gasteiger partial charge in [0.25, 0.3) is 5.91 Å². The molecule has 0 aliphatic heterocycles. The van der Waals surface area contributed by atoms with Gasteiger partial charge in [-0.05, 0) is 30.3 Å². The highest BCUT2D eigenvalue weighted by atomic mass is 79.9. The van der Waals surface area contributed by atoms with Crippen molar-refractivity contribution in [2.24, 2.45) is 0 Å². The van der Waals surface area contributed by atoms with Crippen LogP contribution in [0.15, 0.2) is 40.9 Å². The molecule has 100 valence electrons. The molecule has 0 radical (unpaired) electrons. The van der Waals surface area contributed by atoms with E-state index in [0.29, 0.717) is 4.47 Å². The van der Waals surface area contributed by atoms with Crippen molar-refractivity contribution in [1.29, 1.82) is 5.26 Å². The molecule has 0 bridgehead atoms. The lowest BCUT2D eigenvalue weighted by Gasteiger charge is -2.08. The van der Waals surface area contributed by atoms with Crippen LogP contribution >= 0.6 is 15.9 Å². The van der Waals surface area contributed by atoms with Gasteiger partial charge in [0, 0.05) is 10.0 Å². The number of nitrogens with one attached hydrogen (secondary N) is 1. The largest absolute Gasteiger partial charge is 0.321 e. The first kappa shape index (κ1) is 14.2. The summed E-state index contributed by atoms with van der Waals surface area (Å²) in [5, 5.41) is 11.2. The molecule has 2 aromatic rings. The molecule has 3 nitrogen and oxygen atoms in total. The summed E-state index contributed by atoms with van der Waals surface area (Å²) in [5.41, 5.74) is -0.167. The summed E-state index contributed by atoms with van der Waals surface area (Å²) in [6.45, 7) is 0. The minimum absolute atomic E-state index is 0.0397. The Kier molecular flexibility index (Phi) is 4.11. The predicted octanol–water partition coefficient (Wildman–Crippen LogP) is 3.85. The lowest BCUT2D eigenvalue weighted by Crippen LogP contribution is -2.13. The Morgan fingerprint density at radius 2 is 2.00 bits per heavy atom. The number of benzene rings is 2. The minimum atomic E-state index is -0.731. The number of hydrogen-bond donors (Lipinski definition) is 1. The van der Waals surface area contributed by atoms with E-state index in [1.165, 1.54) is 24.3 Å². The fraction of sp³-hybridized carbons (Fsp3) is 0. The van der Waals surface area contributed by atoms with E-state index in [9.17, 15) is 13.6 Å². The van der Waals surface area contributed by atoms with E-state index in [1.807, 2.05) is 0 Å². The molecule has 0 spiro atoms. The Morgan fingerprint density at radius 3 is 2.65 bits per heavy atom. The number of nitrogens with zero attached hydrogens (tertiary/aromatic N) is 1. The van der Waals surface area contributed by atoms with E-state index in [0.717, 1.165) is 12.1 Å². The van der Waals surface area contributed by atoms with Crippen molar-refractivity contribution in [3.05, 3.63) is 63.6 Å². The summed E-state index contributed by atoms with van der Waals surface area (Å²) >= 11 is 3.07. The van der Waals surface area contributed by atoms with Crippen LogP contribution in [0.3, 0.4) is 0 Å². The summed E-state index contributed by atoms with van der Waals surface area (Å²) in [7, 11) is 0. The molecule has 0 aliphatic carbocycles. The smallest absolute Gasteiger partial charge is 0.255 e. The minimum Gasteiger partial charge on any atom is -0.321 e. The quantitative estimate of drug-likeness (QED) is 0.905. The fourth-order valence-corrected chi connectivity index (χ4v) is 2.09. The maximum absolute atomic E-state index is 13.4. The van der Waals surface area contributed by atoms with Crippen LogP contribution < -0.4 is 5.32 Å². The summed E-state index contributed by atoms with van der Waals surface area (Å²) in [4.78, 5) is 12.0. The Bertz CT molecular complexity index is 705. The molecule has 1 amide bonds. The molecule has 6 heteroatoms. The topological polar surface area (TPSA) is 52.9 Å². The van der Waals surface area contributed by atoms with Gasteiger partial charge in [-0.2, -0.15) is 5.26 Å². The number of carbonyl (C=O) groups excluding carboxylic acids is 1. The molecule has 0 saturated carbocycles. The van der Waals surface area contributed by atoms with Crippen molar-refractivity contribution in [1.82, 2.24) is 0 Å². The Labute approximate surface area is 122 Å². The number of rotatable bonds is 2. The van der Waals surface area contributed by atoms with E-state index >= 15 is 0 Å². The molecule has 0 heterocycles. The molecule has 0 fully saturated rings. The van der Waals surface area contributed by atoms with Gasteiger partial charge in [0.1, 0.15) is 23.3 Å². The van der Waals surface area contributed by atoms with E-state index in [2.05, 4.69) is 21.2 Å². The first-order valence-electron chi connectivity index (χ1n) is 5.47. The lowest BCUT2D eigenvalue weighted by atomic mass is 10.1. The number of nitriles is 1. The van der Waals surface area contributed by atoms with Crippen molar-refractivity contribution in [3.8, 4) is 6.07 Å². The Hall–Kier alpha value is -2.26. The maximum Gasteiger partial charge on any atom is 0.255 e.